The van der Waals surface area contributed by atoms with Crippen molar-refractivity contribution in [3.8, 4) is 0 Å². The fourth-order valence-corrected chi connectivity index (χ4v) is 2.01. The molecule has 0 fully saturated rings. The summed E-state index contributed by atoms with van der Waals surface area (Å²) in [5, 5.41) is 6.14. The molecule has 2 aromatic rings. The zero-order chi connectivity index (χ0) is 14.4. The molecule has 2 aromatic carbocycles. The predicted octanol–water partition coefficient (Wildman–Crippen LogP) is 3.28. The summed E-state index contributed by atoms with van der Waals surface area (Å²) >= 11 is 0. The SMILES string of the molecule is Cc1ccccc1NC(=O)CNC(C)c1ccccc1. The minimum Gasteiger partial charge on any atom is -0.325 e. The Labute approximate surface area is 120 Å². The van der Waals surface area contributed by atoms with Crippen molar-refractivity contribution in [2.75, 3.05) is 11.9 Å². The van der Waals surface area contributed by atoms with E-state index in [9.17, 15) is 4.79 Å². The van der Waals surface area contributed by atoms with E-state index in [-0.39, 0.29) is 11.9 Å². The van der Waals surface area contributed by atoms with Crippen molar-refractivity contribution < 1.29 is 4.79 Å². The molecule has 3 heteroatoms. The summed E-state index contributed by atoms with van der Waals surface area (Å²) in [6.45, 7) is 4.33. The van der Waals surface area contributed by atoms with Crippen LogP contribution in [0.2, 0.25) is 0 Å². The average Bonchev–Trinajstić information content (AvgIpc) is 2.48. The van der Waals surface area contributed by atoms with Gasteiger partial charge in [-0.15, -0.1) is 0 Å². The minimum absolute atomic E-state index is 0.0259. The van der Waals surface area contributed by atoms with Crippen molar-refractivity contribution >= 4 is 11.6 Å². The largest absolute Gasteiger partial charge is 0.325 e. The molecule has 2 rings (SSSR count). The first-order chi connectivity index (χ1) is 9.66. The second-order valence-corrected chi connectivity index (χ2v) is 4.88. The first-order valence-corrected chi connectivity index (χ1v) is 6.80. The normalized spacial score (nSPS) is 11.9. The molecule has 0 heterocycles. The lowest BCUT2D eigenvalue weighted by atomic mass is 10.1. The van der Waals surface area contributed by atoms with Crippen molar-refractivity contribution in [3.05, 3.63) is 65.7 Å². The molecule has 1 atom stereocenters. The summed E-state index contributed by atoms with van der Waals surface area (Å²) in [5.74, 6) is -0.0259. The number of hydrogen-bond donors (Lipinski definition) is 2. The van der Waals surface area contributed by atoms with Gasteiger partial charge in [-0.05, 0) is 31.0 Å². The molecule has 0 saturated heterocycles. The predicted molar refractivity (Wildman–Crippen MR) is 82.7 cm³/mol. The van der Waals surface area contributed by atoms with E-state index in [1.807, 2.05) is 49.4 Å². The van der Waals surface area contributed by atoms with Crippen molar-refractivity contribution in [3.63, 3.8) is 0 Å². The summed E-state index contributed by atoms with van der Waals surface area (Å²) in [5.41, 5.74) is 3.11. The van der Waals surface area contributed by atoms with E-state index in [0.717, 1.165) is 11.3 Å². The fourth-order valence-electron chi connectivity index (χ4n) is 2.01. The van der Waals surface area contributed by atoms with Crippen LogP contribution >= 0.6 is 0 Å². The molecule has 2 N–H and O–H groups in total. The third kappa shape index (κ3) is 3.93. The monoisotopic (exact) mass is 268 g/mol. The van der Waals surface area contributed by atoms with Crippen LogP contribution in [0.25, 0.3) is 0 Å². The molecule has 104 valence electrons. The molecule has 3 nitrogen and oxygen atoms in total. The highest BCUT2D eigenvalue weighted by atomic mass is 16.1. The number of nitrogens with one attached hydrogen (secondary N) is 2. The van der Waals surface area contributed by atoms with Gasteiger partial charge in [-0.2, -0.15) is 0 Å². The molecule has 0 aliphatic carbocycles. The Morgan fingerprint density at radius 2 is 1.70 bits per heavy atom. The molecule has 0 spiro atoms. The third-order valence-electron chi connectivity index (χ3n) is 3.29. The van der Waals surface area contributed by atoms with Gasteiger partial charge in [-0.25, -0.2) is 0 Å². The zero-order valence-corrected chi connectivity index (χ0v) is 11.9. The van der Waals surface area contributed by atoms with Gasteiger partial charge in [0.1, 0.15) is 0 Å². The number of aryl methyl sites for hydroxylation is 1. The number of hydrogen-bond acceptors (Lipinski definition) is 2. The van der Waals surface area contributed by atoms with Crippen LogP contribution in [0, 0.1) is 6.92 Å². The first-order valence-electron chi connectivity index (χ1n) is 6.80. The summed E-state index contributed by atoms with van der Waals surface area (Å²) in [6, 6.07) is 18.0. The number of amides is 1. The maximum atomic E-state index is 11.9. The second-order valence-electron chi connectivity index (χ2n) is 4.88. The number of anilines is 1. The number of carbonyl (C=O) groups is 1. The van der Waals surface area contributed by atoms with Gasteiger partial charge in [0.05, 0.1) is 6.54 Å². The molecule has 0 aliphatic heterocycles. The van der Waals surface area contributed by atoms with E-state index < -0.39 is 0 Å². The smallest absolute Gasteiger partial charge is 0.238 e. The zero-order valence-electron chi connectivity index (χ0n) is 11.9. The molecule has 20 heavy (non-hydrogen) atoms. The van der Waals surface area contributed by atoms with Gasteiger partial charge < -0.3 is 10.6 Å². The number of benzene rings is 2. The highest BCUT2D eigenvalue weighted by Crippen LogP contribution is 2.13. The maximum Gasteiger partial charge on any atom is 0.238 e. The highest BCUT2D eigenvalue weighted by Gasteiger charge is 2.08. The van der Waals surface area contributed by atoms with Gasteiger partial charge in [-0.1, -0.05) is 48.5 Å². The van der Waals surface area contributed by atoms with Crippen LogP contribution in [0.3, 0.4) is 0 Å². The topological polar surface area (TPSA) is 41.1 Å². The molecule has 0 aromatic heterocycles. The summed E-state index contributed by atoms with van der Waals surface area (Å²) in [7, 11) is 0. The van der Waals surface area contributed by atoms with Crippen LogP contribution in [0.15, 0.2) is 54.6 Å². The molecule has 0 saturated carbocycles. The molecule has 1 unspecified atom stereocenters. The maximum absolute atomic E-state index is 11.9. The summed E-state index contributed by atoms with van der Waals surface area (Å²) < 4.78 is 0. The lowest BCUT2D eigenvalue weighted by molar-refractivity contribution is -0.115. The second kappa shape index (κ2) is 6.87. The van der Waals surface area contributed by atoms with Crippen LogP contribution in [0.5, 0.6) is 0 Å². The highest BCUT2D eigenvalue weighted by molar-refractivity contribution is 5.92. The molecule has 0 aliphatic rings. The van der Waals surface area contributed by atoms with Gasteiger partial charge in [0, 0.05) is 11.7 Å². The number of carbonyl (C=O) groups excluding carboxylic acids is 1. The van der Waals surface area contributed by atoms with E-state index >= 15 is 0 Å². The third-order valence-corrected chi connectivity index (χ3v) is 3.29. The standard InChI is InChI=1S/C17H20N2O/c1-13-8-6-7-11-16(13)19-17(20)12-18-14(2)15-9-4-3-5-10-15/h3-11,14,18H,12H2,1-2H3,(H,19,20). The Hall–Kier alpha value is -2.13. The van der Waals surface area contributed by atoms with Crippen LogP contribution in [-0.2, 0) is 4.79 Å². The van der Waals surface area contributed by atoms with Crippen LogP contribution in [-0.4, -0.2) is 12.5 Å². The van der Waals surface area contributed by atoms with Gasteiger partial charge in [0.15, 0.2) is 0 Å². The van der Waals surface area contributed by atoms with Crippen molar-refractivity contribution in [2.45, 2.75) is 19.9 Å². The van der Waals surface area contributed by atoms with Gasteiger partial charge in [0.25, 0.3) is 0 Å². The summed E-state index contributed by atoms with van der Waals surface area (Å²) in [6.07, 6.45) is 0. The van der Waals surface area contributed by atoms with Crippen LogP contribution in [0.1, 0.15) is 24.1 Å². The number of rotatable bonds is 5. The van der Waals surface area contributed by atoms with Crippen molar-refractivity contribution in [2.24, 2.45) is 0 Å². The van der Waals surface area contributed by atoms with E-state index in [1.165, 1.54) is 5.56 Å². The summed E-state index contributed by atoms with van der Waals surface area (Å²) in [4.78, 5) is 11.9. The van der Waals surface area contributed by atoms with Crippen LogP contribution in [0.4, 0.5) is 5.69 Å². The fraction of sp³-hybridized carbons (Fsp3) is 0.235. The van der Waals surface area contributed by atoms with E-state index in [2.05, 4.69) is 29.7 Å². The number of para-hydroxylation sites is 1. The lowest BCUT2D eigenvalue weighted by Crippen LogP contribution is -2.30. The Balaban J connectivity index is 1.85. The van der Waals surface area contributed by atoms with E-state index in [4.69, 9.17) is 0 Å². The average molecular weight is 268 g/mol. The van der Waals surface area contributed by atoms with Crippen molar-refractivity contribution in [1.29, 1.82) is 0 Å². The van der Waals surface area contributed by atoms with Crippen LogP contribution < -0.4 is 10.6 Å². The van der Waals surface area contributed by atoms with Crippen molar-refractivity contribution in [1.82, 2.24) is 5.32 Å². The van der Waals surface area contributed by atoms with Gasteiger partial charge >= 0.3 is 0 Å². The Bertz CT molecular complexity index is 566. The quantitative estimate of drug-likeness (QED) is 0.873. The van der Waals surface area contributed by atoms with Gasteiger partial charge in [0.2, 0.25) is 5.91 Å². The van der Waals surface area contributed by atoms with E-state index in [0.29, 0.717) is 6.54 Å². The molecule has 0 radical (unpaired) electrons. The first kappa shape index (κ1) is 14.3. The Kier molecular flexibility index (Phi) is 4.91. The van der Waals surface area contributed by atoms with Gasteiger partial charge in [-0.3, -0.25) is 4.79 Å². The lowest BCUT2D eigenvalue weighted by Gasteiger charge is -2.14. The molecule has 0 bridgehead atoms. The Morgan fingerprint density at radius 3 is 2.40 bits per heavy atom. The molecule has 1 amide bonds. The van der Waals surface area contributed by atoms with E-state index in [1.54, 1.807) is 0 Å². The molecular weight excluding hydrogens is 248 g/mol. The minimum atomic E-state index is -0.0259. The Morgan fingerprint density at radius 1 is 1.05 bits per heavy atom. The molecular formula is C17H20N2O.